The van der Waals surface area contributed by atoms with Crippen LogP contribution in [0.4, 0.5) is 4.79 Å². The van der Waals surface area contributed by atoms with Crippen LogP contribution in [0.5, 0.6) is 0 Å². The summed E-state index contributed by atoms with van der Waals surface area (Å²) in [5.74, 6) is -1.49. The van der Waals surface area contributed by atoms with Gasteiger partial charge in [0.15, 0.2) is 0 Å². The molecule has 1 rings (SSSR count). The summed E-state index contributed by atoms with van der Waals surface area (Å²) in [5.41, 5.74) is 0.531. The molecule has 0 aliphatic heterocycles. The number of nitrogens with one attached hydrogen (secondary N) is 2. The van der Waals surface area contributed by atoms with Crippen molar-refractivity contribution in [3.8, 4) is 0 Å². The summed E-state index contributed by atoms with van der Waals surface area (Å²) in [5, 5.41) is 16.4. The van der Waals surface area contributed by atoms with Crippen molar-refractivity contribution in [3.63, 3.8) is 0 Å². The topological polar surface area (TPSA) is 122 Å². The smallest absolute Gasteiger partial charge is 0.321 e. The molecule has 0 saturated heterocycles. The van der Waals surface area contributed by atoms with E-state index in [1.165, 1.54) is 6.26 Å². The van der Waals surface area contributed by atoms with Gasteiger partial charge in [0.1, 0.15) is 12.0 Å². The number of carboxylic acids is 1. The van der Waals surface area contributed by atoms with E-state index in [2.05, 4.69) is 20.3 Å². The molecule has 98 valence electrons. The van der Waals surface area contributed by atoms with E-state index in [-0.39, 0.29) is 25.8 Å². The van der Waals surface area contributed by atoms with Gasteiger partial charge in [-0.15, -0.1) is 0 Å². The van der Waals surface area contributed by atoms with Gasteiger partial charge in [-0.05, 0) is 6.42 Å². The number of aromatic nitrogens is 1. The molecule has 0 aliphatic rings. The second kappa shape index (κ2) is 7.05. The molecule has 0 atom stereocenters. The van der Waals surface area contributed by atoms with Gasteiger partial charge in [-0.2, -0.15) is 0 Å². The summed E-state index contributed by atoms with van der Waals surface area (Å²) >= 11 is 0. The highest BCUT2D eigenvalue weighted by Crippen LogP contribution is 1.95. The van der Waals surface area contributed by atoms with Crippen LogP contribution in [0.15, 0.2) is 16.9 Å². The fraction of sp³-hybridized carbons (Fsp3) is 0.400. The molecule has 0 spiro atoms. The Hall–Kier alpha value is -2.38. The first-order chi connectivity index (χ1) is 8.58. The molecule has 0 aromatic carbocycles. The van der Waals surface area contributed by atoms with Gasteiger partial charge in [0.2, 0.25) is 5.91 Å². The molecule has 3 N–H and O–H groups in total. The fourth-order valence-electron chi connectivity index (χ4n) is 1.13. The number of carbonyl (C=O) groups excluding carboxylic acids is 2. The largest absolute Gasteiger partial charge is 0.481 e. The number of nitrogens with zero attached hydrogens (tertiary/aromatic N) is 1. The Morgan fingerprint density at radius 1 is 1.33 bits per heavy atom. The first-order valence-corrected chi connectivity index (χ1v) is 5.26. The van der Waals surface area contributed by atoms with Crippen molar-refractivity contribution < 1.29 is 24.0 Å². The Morgan fingerprint density at radius 2 is 2.11 bits per heavy atom. The van der Waals surface area contributed by atoms with Crippen LogP contribution in [0.1, 0.15) is 25.0 Å². The van der Waals surface area contributed by atoms with E-state index in [0.29, 0.717) is 5.69 Å². The normalized spacial score (nSPS) is 9.78. The van der Waals surface area contributed by atoms with Crippen LogP contribution in [0.3, 0.4) is 0 Å². The highest BCUT2D eigenvalue weighted by molar-refractivity contribution is 5.94. The van der Waals surface area contributed by atoms with E-state index < -0.39 is 17.9 Å². The standard InChI is InChI=1S/C10H13N3O5/c14-8(2-1-3-9(15)16)12-10(17)11-6-7-4-5-18-13-7/h4-5H,1-3,6H2,(H,15,16)(H2,11,12,14,17). The number of rotatable bonds is 6. The number of carbonyl (C=O) groups is 3. The second-order valence-corrected chi connectivity index (χ2v) is 3.47. The summed E-state index contributed by atoms with van der Waals surface area (Å²) in [7, 11) is 0. The summed E-state index contributed by atoms with van der Waals surface area (Å²) in [6.07, 6.45) is 1.45. The van der Waals surface area contributed by atoms with Crippen LogP contribution in [-0.2, 0) is 16.1 Å². The highest BCUT2D eigenvalue weighted by Gasteiger charge is 2.08. The average molecular weight is 255 g/mol. The van der Waals surface area contributed by atoms with Gasteiger partial charge in [0, 0.05) is 18.9 Å². The van der Waals surface area contributed by atoms with Gasteiger partial charge in [-0.1, -0.05) is 5.16 Å². The van der Waals surface area contributed by atoms with Gasteiger partial charge < -0.3 is 14.9 Å². The van der Waals surface area contributed by atoms with Gasteiger partial charge >= 0.3 is 12.0 Å². The number of hydrogen-bond donors (Lipinski definition) is 3. The predicted molar refractivity (Wildman–Crippen MR) is 58.4 cm³/mol. The summed E-state index contributed by atoms with van der Waals surface area (Å²) < 4.78 is 4.56. The minimum Gasteiger partial charge on any atom is -0.481 e. The maximum atomic E-state index is 11.2. The van der Waals surface area contributed by atoms with Crippen molar-refractivity contribution in [2.24, 2.45) is 0 Å². The third kappa shape index (κ3) is 5.64. The van der Waals surface area contributed by atoms with Crippen molar-refractivity contribution in [2.75, 3.05) is 0 Å². The van der Waals surface area contributed by atoms with Gasteiger partial charge in [-0.3, -0.25) is 14.9 Å². The van der Waals surface area contributed by atoms with Gasteiger partial charge in [-0.25, -0.2) is 4.79 Å². The van der Waals surface area contributed by atoms with E-state index in [4.69, 9.17) is 5.11 Å². The highest BCUT2D eigenvalue weighted by atomic mass is 16.5. The van der Waals surface area contributed by atoms with E-state index >= 15 is 0 Å². The lowest BCUT2D eigenvalue weighted by molar-refractivity contribution is -0.137. The Kier molecular flexibility index (Phi) is 5.36. The van der Waals surface area contributed by atoms with Crippen molar-refractivity contribution >= 4 is 17.9 Å². The minimum atomic E-state index is -0.974. The second-order valence-electron chi connectivity index (χ2n) is 3.47. The molecule has 3 amide bonds. The molecule has 1 heterocycles. The molecular formula is C10H13N3O5. The van der Waals surface area contributed by atoms with Crippen LogP contribution in [-0.4, -0.2) is 28.2 Å². The molecule has 18 heavy (non-hydrogen) atoms. The fourth-order valence-corrected chi connectivity index (χ4v) is 1.13. The maximum Gasteiger partial charge on any atom is 0.321 e. The third-order valence-corrected chi connectivity index (χ3v) is 1.97. The molecule has 0 saturated carbocycles. The quantitative estimate of drug-likeness (QED) is 0.670. The number of aliphatic carboxylic acids is 1. The first kappa shape index (κ1) is 13.7. The first-order valence-electron chi connectivity index (χ1n) is 5.26. The molecule has 0 radical (unpaired) electrons. The zero-order valence-corrected chi connectivity index (χ0v) is 9.51. The molecule has 0 fully saturated rings. The van der Waals surface area contributed by atoms with Crippen molar-refractivity contribution in [2.45, 2.75) is 25.8 Å². The lowest BCUT2D eigenvalue weighted by Gasteiger charge is -2.04. The van der Waals surface area contributed by atoms with Crippen molar-refractivity contribution in [3.05, 3.63) is 18.0 Å². The van der Waals surface area contributed by atoms with E-state index in [1.54, 1.807) is 6.07 Å². The Balaban J connectivity index is 2.15. The van der Waals surface area contributed by atoms with Crippen LogP contribution >= 0.6 is 0 Å². The Morgan fingerprint density at radius 3 is 2.72 bits per heavy atom. The average Bonchev–Trinajstić information content (AvgIpc) is 2.78. The van der Waals surface area contributed by atoms with Crippen LogP contribution in [0.25, 0.3) is 0 Å². The van der Waals surface area contributed by atoms with Crippen LogP contribution < -0.4 is 10.6 Å². The summed E-state index contributed by atoms with van der Waals surface area (Å²) in [6, 6.07) is 0.924. The minimum absolute atomic E-state index is 0.0102. The van der Waals surface area contributed by atoms with E-state index in [9.17, 15) is 14.4 Å². The van der Waals surface area contributed by atoms with E-state index in [1.807, 2.05) is 0 Å². The van der Waals surface area contributed by atoms with Gasteiger partial charge in [0.25, 0.3) is 0 Å². The summed E-state index contributed by atoms with van der Waals surface area (Å²) in [6.45, 7) is 0.144. The number of amides is 3. The number of imide groups is 1. The Labute approximate surface area is 102 Å². The molecule has 0 unspecified atom stereocenters. The molecular weight excluding hydrogens is 242 g/mol. The molecule has 1 aromatic heterocycles. The van der Waals surface area contributed by atoms with Crippen molar-refractivity contribution in [1.29, 1.82) is 0 Å². The molecule has 0 bridgehead atoms. The number of hydrogen-bond acceptors (Lipinski definition) is 5. The monoisotopic (exact) mass is 255 g/mol. The van der Waals surface area contributed by atoms with Crippen molar-refractivity contribution in [1.82, 2.24) is 15.8 Å². The lowest BCUT2D eigenvalue weighted by atomic mass is 10.2. The predicted octanol–water partition coefficient (Wildman–Crippen LogP) is 0.255. The maximum absolute atomic E-state index is 11.2. The number of carboxylic acid groups (broad SMARTS) is 1. The van der Waals surface area contributed by atoms with Crippen LogP contribution in [0, 0.1) is 0 Å². The lowest BCUT2D eigenvalue weighted by Crippen LogP contribution is -2.39. The summed E-state index contributed by atoms with van der Waals surface area (Å²) in [4.78, 5) is 32.6. The molecule has 1 aromatic rings. The van der Waals surface area contributed by atoms with Crippen LogP contribution in [0.2, 0.25) is 0 Å². The number of urea groups is 1. The SMILES string of the molecule is O=C(O)CCCC(=O)NC(=O)NCc1ccon1. The molecule has 8 nitrogen and oxygen atoms in total. The van der Waals surface area contributed by atoms with E-state index in [0.717, 1.165) is 0 Å². The molecule has 8 heteroatoms. The Bertz CT molecular complexity index is 415. The zero-order valence-electron chi connectivity index (χ0n) is 9.51. The van der Waals surface area contributed by atoms with Gasteiger partial charge in [0.05, 0.1) is 6.54 Å². The third-order valence-electron chi connectivity index (χ3n) is 1.97. The molecule has 0 aliphatic carbocycles. The zero-order chi connectivity index (χ0) is 13.4.